The van der Waals surface area contributed by atoms with Crippen LogP contribution in [0.15, 0.2) is 24.3 Å². The van der Waals surface area contributed by atoms with E-state index in [2.05, 4.69) is 10.1 Å². The molecule has 1 aromatic carbocycles. The first-order chi connectivity index (χ1) is 10.4. The maximum Gasteiger partial charge on any atom is 0.573 e. The molecule has 0 heterocycles. The molecule has 0 aliphatic rings. The van der Waals surface area contributed by atoms with Gasteiger partial charge in [-0.05, 0) is 38.5 Å². The summed E-state index contributed by atoms with van der Waals surface area (Å²) in [5.74, 6) is -2.05. The lowest BCUT2D eigenvalue weighted by molar-refractivity contribution is -0.274. The number of hydrogen-bond acceptors (Lipinski definition) is 4. The predicted octanol–water partition coefficient (Wildman–Crippen LogP) is 3.24. The summed E-state index contributed by atoms with van der Waals surface area (Å²) in [5.41, 5.74) is -0.945. The SMILES string of the molecule is CC(C)(C)OC(=O)N[C@@H](C(=O)O)c1cccc(OC(F)(F)F)c1. The van der Waals surface area contributed by atoms with Gasteiger partial charge in [0.2, 0.25) is 0 Å². The number of ether oxygens (including phenoxy) is 2. The molecule has 0 saturated heterocycles. The number of alkyl carbamates (subject to hydrolysis) is 1. The van der Waals surface area contributed by atoms with Gasteiger partial charge in [-0.2, -0.15) is 0 Å². The Kier molecular flexibility index (Phi) is 5.46. The highest BCUT2D eigenvalue weighted by Crippen LogP contribution is 2.26. The van der Waals surface area contributed by atoms with E-state index in [0.29, 0.717) is 0 Å². The van der Waals surface area contributed by atoms with E-state index >= 15 is 0 Å². The third kappa shape index (κ3) is 6.90. The summed E-state index contributed by atoms with van der Waals surface area (Å²) in [6, 6.07) is 2.75. The van der Waals surface area contributed by atoms with Gasteiger partial charge in [0.1, 0.15) is 11.4 Å². The van der Waals surface area contributed by atoms with E-state index in [1.807, 2.05) is 0 Å². The van der Waals surface area contributed by atoms with Crippen molar-refractivity contribution in [3.8, 4) is 5.75 Å². The number of carbonyl (C=O) groups is 2. The van der Waals surface area contributed by atoms with Crippen molar-refractivity contribution in [1.82, 2.24) is 5.32 Å². The third-order valence-corrected chi connectivity index (χ3v) is 2.33. The van der Waals surface area contributed by atoms with Gasteiger partial charge in [0.25, 0.3) is 0 Å². The molecule has 0 fully saturated rings. The second-order valence-electron chi connectivity index (χ2n) is 5.54. The van der Waals surface area contributed by atoms with Crippen LogP contribution in [0.4, 0.5) is 18.0 Å². The van der Waals surface area contributed by atoms with Gasteiger partial charge >= 0.3 is 18.4 Å². The van der Waals surface area contributed by atoms with E-state index in [1.165, 1.54) is 12.1 Å². The Morgan fingerprint density at radius 1 is 1.22 bits per heavy atom. The molecule has 2 N–H and O–H groups in total. The molecule has 128 valence electrons. The molecule has 0 aliphatic heterocycles. The minimum atomic E-state index is -4.91. The van der Waals surface area contributed by atoms with Gasteiger partial charge in [0, 0.05) is 0 Å². The van der Waals surface area contributed by atoms with Crippen LogP contribution < -0.4 is 10.1 Å². The van der Waals surface area contributed by atoms with Crippen molar-refractivity contribution in [1.29, 1.82) is 0 Å². The summed E-state index contributed by atoms with van der Waals surface area (Å²) in [5, 5.41) is 11.2. The largest absolute Gasteiger partial charge is 0.573 e. The fourth-order valence-electron chi connectivity index (χ4n) is 1.60. The molecule has 0 saturated carbocycles. The van der Waals surface area contributed by atoms with Crippen LogP contribution in [-0.4, -0.2) is 29.1 Å². The topological polar surface area (TPSA) is 84.9 Å². The molecule has 6 nitrogen and oxygen atoms in total. The van der Waals surface area contributed by atoms with E-state index < -0.39 is 35.8 Å². The highest BCUT2D eigenvalue weighted by Gasteiger charge is 2.32. The first-order valence-electron chi connectivity index (χ1n) is 6.45. The van der Waals surface area contributed by atoms with Crippen molar-refractivity contribution >= 4 is 12.1 Å². The van der Waals surface area contributed by atoms with E-state index in [4.69, 9.17) is 9.84 Å². The number of carboxylic acids is 1. The number of carbonyl (C=O) groups excluding carboxylic acids is 1. The van der Waals surface area contributed by atoms with Crippen LogP contribution in [0.3, 0.4) is 0 Å². The van der Waals surface area contributed by atoms with Crippen LogP contribution >= 0.6 is 0 Å². The van der Waals surface area contributed by atoms with Gasteiger partial charge in [-0.3, -0.25) is 0 Å². The molecular formula is C14H16F3NO5. The van der Waals surface area contributed by atoms with Crippen molar-refractivity contribution in [3.05, 3.63) is 29.8 Å². The molecule has 1 rings (SSSR count). The number of aliphatic carboxylic acids is 1. The Morgan fingerprint density at radius 3 is 2.30 bits per heavy atom. The Balaban J connectivity index is 2.96. The molecule has 0 aromatic heterocycles. The number of benzene rings is 1. The molecule has 0 unspecified atom stereocenters. The molecule has 0 radical (unpaired) electrons. The molecule has 0 spiro atoms. The lowest BCUT2D eigenvalue weighted by atomic mass is 10.1. The number of amides is 1. The van der Waals surface area contributed by atoms with E-state index in [9.17, 15) is 22.8 Å². The zero-order valence-electron chi connectivity index (χ0n) is 12.6. The number of nitrogens with one attached hydrogen (secondary N) is 1. The van der Waals surface area contributed by atoms with Crippen LogP contribution in [0.1, 0.15) is 32.4 Å². The number of hydrogen-bond donors (Lipinski definition) is 2. The Labute approximate surface area is 130 Å². The molecule has 0 aliphatic carbocycles. The smallest absolute Gasteiger partial charge is 0.479 e. The maximum absolute atomic E-state index is 12.2. The summed E-state index contributed by atoms with van der Waals surface area (Å²) < 4.78 is 45.2. The molecule has 9 heteroatoms. The van der Waals surface area contributed by atoms with Crippen molar-refractivity contribution in [3.63, 3.8) is 0 Å². The summed E-state index contributed by atoms with van der Waals surface area (Å²) >= 11 is 0. The van der Waals surface area contributed by atoms with Gasteiger partial charge in [-0.1, -0.05) is 12.1 Å². The highest BCUT2D eigenvalue weighted by atomic mass is 19.4. The summed E-state index contributed by atoms with van der Waals surface area (Å²) in [7, 11) is 0. The predicted molar refractivity (Wildman–Crippen MR) is 72.9 cm³/mol. The van der Waals surface area contributed by atoms with Gasteiger partial charge < -0.3 is 19.9 Å². The second-order valence-corrected chi connectivity index (χ2v) is 5.54. The zero-order valence-corrected chi connectivity index (χ0v) is 12.6. The standard InChI is InChI=1S/C14H16F3NO5/c1-13(2,3)23-12(21)18-10(11(19)20)8-5-4-6-9(7-8)22-14(15,16)17/h4-7,10H,1-3H3,(H,18,21)(H,19,20)/t10-/m1/s1. The van der Waals surface area contributed by atoms with Crippen molar-refractivity contribution in [2.24, 2.45) is 0 Å². The summed E-state index contributed by atoms with van der Waals surface area (Å²) in [6.07, 6.45) is -5.91. The second kappa shape index (κ2) is 6.76. The lowest BCUT2D eigenvalue weighted by Gasteiger charge is -2.22. The number of halogens is 3. The van der Waals surface area contributed by atoms with Crippen molar-refractivity contribution < 1.29 is 37.3 Å². The van der Waals surface area contributed by atoms with E-state index in [1.54, 1.807) is 20.8 Å². The van der Waals surface area contributed by atoms with Gasteiger partial charge in [-0.15, -0.1) is 13.2 Å². The molecular weight excluding hydrogens is 319 g/mol. The molecule has 1 atom stereocenters. The quantitative estimate of drug-likeness (QED) is 0.882. The first-order valence-corrected chi connectivity index (χ1v) is 6.45. The fourth-order valence-corrected chi connectivity index (χ4v) is 1.60. The minimum absolute atomic E-state index is 0.0925. The highest BCUT2D eigenvalue weighted by molar-refractivity contribution is 5.81. The van der Waals surface area contributed by atoms with Crippen LogP contribution in [0.25, 0.3) is 0 Å². The van der Waals surface area contributed by atoms with E-state index in [0.717, 1.165) is 12.1 Å². The van der Waals surface area contributed by atoms with Gasteiger partial charge in [-0.25, -0.2) is 9.59 Å². The van der Waals surface area contributed by atoms with Gasteiger partial charge in [0.15, 0.2) is 6.04 Å². The van der Waals surface area contributed by atoms with Crippen LogP contribution in [0.5, 0.6) is 5.75 Å². The molecule has 1 amide bonds. The Hall–Kier alpha value is -2.45. The molecule has 0 bridgehead atoms. The third-order valence-electron chi connectivity index (χ3n) is 2.33. The van der Waals surface area contributed by atoms with Crippen LogP contribution in [0, 0.1) is 0 Å². The van der Waals surface area contributed by atoms with Crippen molar-refractivity contribution in [2.45, 2.75) is 38.8 Å². The van der Waals surface area contributed by atoms with E-state index in [-0.39, 0.29) is 5.56 Å². The number of rotatable bonds is 4. The normalized spacial score (nSPS) is 13.1. The number of alkyl halides is 3. The molecule has 23 heavy (non-hydrogen) atoms. The fraction of sp³-hybridized carbons (Fsp3) is 0.429. The zero-order chi connectivity index (χ0) is 17.8. The average Bonchev–Trinajstić information content (AvgIpc) is 2.31. The van der Waals surface area contributed by atoms with Crippen LogP contribution in [0.2, 0.25) is 0 Å². The lowest BCUT2D eigenvalue weighted by Crippen LogP contribution is -2.38. The Bertz CT molecular complexity index is 581. The van der Waals surface area contributed by atoms with Crippen molar-refractivity contribution in [2.75, 3.05) is 0 Å². The monoisotopic (exact) mass is 335 g/mol. The first kappa shape index (κ1) is 18.6. The summed E-state index contributed by atoms with van der Waals surface area (Å²) in [6.45, 7) is 4.75. The Morgan fingerprint density at radius 2 is 1.83 bits per heavy atom. The summed E-state index contributed by atoms with van der Waals surface area (Å²) in [4.78, 5) is 22.9. The number of carboxylic acid groups (broad SMARTS) is 1. The minimum Gasteiger partial charge on any atom is -0.479 e. The maximum atomic E-state index is 12.2. The molecule has 1 aromatic rings. The average molecular weight is 335 g/mol. The van der Waals surface area contributed by atoms with Crippen LogP contribution in [-0.2, 0) is 9.53 Å². The van der Waals surface area contributed by atoms with Gasteiger partial charge in [0.05, 0.1) is 0 Å².